The monoisotopic (exact) mass is 236 g/mol. The molecule has 1 amide bonds. The zero-order valence-electron chi connectivity index (χ0n) is 9.97. The fraction of sp³-hybridized carbons (Fsp3) is 0.417. The Balaban J connectivity index is 2.52. The van der Waals surface area contributed by atoms with Gasteiger partial charge in [-0.1, -0.05) is 32.0 Å². The summed E-state index contributed by atoms with van der Waals surface area (Å²) >= 11 is 0. The molecule has 0 radical (unpaired) electrons. The van der Waals surface area contributed by atoms with Gasteiger partial charge in [0.15, 0.2) is 0 Å². The Morgan fingerprint density at radius 3 is 2.47 bits per heavy atom. The Hall–Kier alpha value is -1.91. The summed E-state index contributed by atoms with van der Waals surface area (Å²) in [7, 11) is 0. The van der Waals surface area contributed by atoms with Crippen molar-refractivity contribution < 1.29 is 9.72 Å². The first-order valence-corrected chi connectivity index (χ1v) is 5.36. The quantitative estimate of drug-likeness (QED) is 0.629. The van der Waals surface area contributed by atoms with Crippen molar-refractivity contribution in [3.8, 4) is 0 Å². The Bertz CT molecular complexity index is 401. The third-order valence-electron chi connectivity index (χ3n) is 2.25. The number of nitrogens with zero attached hydrogens (tertiary/aromatic N) is 1. The van der Waals surface area contributed by atoms with Crippen molar-refractivity contribution in [3.05, 3.63) is 40.4 Å². The van der Waals surface area contributed by atoms with Gasteiger partial charge in [-0.25, -0.2) is 0 Å². The first-order chi connectivity index (χ1) is 7.89. The van der Waals surface area contributed by atoms with E-state index in [1.807, 2.05) is 18.2 Å². The van der Waals surface area contributed by atoms with Crippen molar-refractivity contribution in [1.82, 2.24) is 0 Å². The first-order valence-electron chi connectivity index (χ1n) is 5.36. The van der Waals surface area contributed by atoms with E-state index in [9.17, 15) is 14.9 Å². The molecule has 0 saturated heterocycles. The summed E-state index contributed by atoms with van der Waals surface area (Å²) < 4.78 is 0. The molecule has 1 N–H and O–H groups in total. The van der Waals surface area contributed by atoms with Crippen LogP contribution in [0.25, 0.3) is 0 Å². The van der Waals surface area contributed by atoms with Crippen LogP contribution in [0.4, 0.5) is 5.69 Å². The van der Waals surface area contributed by atoms with E-state index < -0.39 is 10.3 Å². The number of anilines is 1. The highest BCUT2D eigenvalue weighted by molar-refractivity contribution is 5.91. The second-order valence-electron chi connectivity index (χ2n) is 4.75. The second-order valence-corrected chi connectivity index (χ2v) is 4.75. The van der Waals surface area contributed by atoms with Gasteiger partial charge >= 0.3 is 0 Å². The lowest BCUT2D eigenvalue weighted by molar-refractivity contribution is -0.495. The molecule has 0 spiro atoms. The van der Waals surface area contributed by atoms with Gasteiger partial charge in [0, 0.05) is 22.4 Å². The average Bonchev–Trinajstić information content (AvgIpc) is 2.15. The van der Waals surface area contributed by atoms with Crippen LogP contribution in [0.2, 0.25) is 0 Å². The minimum absolute atomic E-state index is 0.128. The van der Waals surface area contributed by atoms with Gasteiger partial charge in [-0.2, -0.15) is 0 Å². The third kappa shape index (κ3) is 5.10. The molecule has 1 aromatic carbocycles. The van der Waals surface area contributed by atoms with Crippen LogP contribution in [0.3, 0.4) is 0 Å². The van der Waals surface area contributed by atoms with Gasteiger partial charge in [-0.15, -0.1) is 0 Å². The summed E-state index contributed by atoms with van der Waals surface area (Å²) in [5.41, 5.74) is 0.0666. The number of carbonyl (C=O) groups is 1. The van der Waals surface area contributed by atoms with Gasteiger partial charge in [-0.05, 0) is 12.1 Å². The third-order valence-corrected chi connectivity index (χ3v) is 2.25. The van der Waals surface area contributed by atoms with Crippen LogP contribution in [0.5, 0.6) is 0 Å². The van der Waals surface area contributed by atoms with Crippen LogP contribution in [0.15, 0.2) is 30.3 Å². The number of benzene rings is 1. The molecule has 92 valence electrons. The summed E-state index contributed by atoms with van der Waals surface area (Å²) in [4.78, 5) is 21.7. The van der Waals surface area contributed by atoms with Crippen molar-refractivity contribution in [1.29, 1.82) is 0 Å². The standard InChI is InChI=1S/C12H16N2O3/c1-12(2,9-14(16)17)8-11(15)13-10-6-4-3-5-7-10/h3-7H,8-9H2,1-2H3,(H,13,15). The molecule has 1 aromatic rings. The highest BCUT2D eigenvalue weighted by Crippen LogP contribution is 2.21. The van der Waals surface area contributed by atoms with Gasteiger partial charge in [0.1, 0.15) is 0 Å². The van der Waals surface area contributed by atoms with E-state index in [2.05, 4.69) is 5.32 Å². The minimum Gasteiger partial charge on any atom is -0.326 e. The number of hydrogen-bond acceptors (Lipinski definition) is 3. The van der Waals surface area contributed by atoms with Crippen molar-refractivity contribution in [2.75, 3.05) is 11.9 Å². The Morgan fingerprint density at radius 1 is 1.35 bits per heavy atom. The van der Waals surface area contributed by atoms with E-state index in [0.29, 0.717) is 5.69 Å². The molecule has 5 heteroatoms. The van der Waals surface area contributed by atoms with Crippen LogP contribution < -0.4 is 5.32 Å². The summed E-state index contributed by atoms with van der Waals surface area (Å²) in [5, 5.41) is 13.1. The fourth-order valence-electron chi connectivity index (χ4n) is 1.57. The van der Waals surface area contributed by atoms with Gasteiger partial charge in [-0.3, -0.25) is 14.9 Å². The molecule has 0 atom stereocenters. The maximum Gasteiger partial charge on any atom is 0.225 e. The molecule has 0 aliphatic rings. The lowest BCUT2D eigenvalue weighted by Crippen LogP contribution is -2.28. The molecular weight excluding hydrogens is 220 g/mol. The molecule has 0 aromatic heterocycles. The van der Waals surface area contributed by atoms with Crippen molar-refractivity contribution in [2.24, 2.45) is 5.41 Å². The number of carbonyl (C=O) groups excluding carboxylic acids is 1. The van der Waals surface area contributed by atoms with Gasteiger partial charge in [0.05, 0.1) is 0 Å². The lowest BCUT2D eigenvalue weighted by atomic mass is 9.89. The normalized spacial score (nSPS) is 10.9. The zero-order valence-corrected chi connectivity index (χ0v) is 9.97. The molecule has 0 aliphatic carbocycles. The van der Waals surface area contributed by atoms with E-state index in [4.69, 9.17) is 0 Å². The van der Waals surface area contributed by atoms with Crippen LogP contribution in [0, 0.1) is 15.5 Å². The predicted molar refractivity (Wildman–Crippen MR) is 65.3 cm³/mol. The second kappa shape index (κ2) is 5.43. The van der Waals surface area contributed by atoms with Crippen LogP contribution in [-0.4, -0.2) is 17.4 Å². The van der Waals surface area contributed by atoms with Gasteiger partial charge in [0.2, 0.25) is 12.5 Å². The Kier molecular flexibility index (Phi) is 4.20. The van der Waals surface area contributed by atoms with Crippen molar-refractivity contribution in [2.45, 2.75) is 20.3 Å². The molecule has 17 heavy (non-hydrogen) atoms. The molecule has 0 bridgehead atoms. The number of nitro groups is 1. The summed E-state index contributed by atoms with van der Waals surface area (Å²) in [6.45, 7) is 3.20. The van der Waals surface area contributed by atoms with Crippen molar-refractivity contribution >= 4 is 11.6 Å². The topological polar surface area (TPSA) is 72.2 Å². The lowest BCUT2D eigenvalue weighted by Gasteiger charge is -2.18. The molecule has 0 aliphatic heterocycles. The van der Waals surface area contributed by atoms with E-state index in [1.165, 1.54) is 0 Å². The van der Waals surface area contributed by atoms with Crippen LogP contribution >= 0.6 is 0 Å². The Morgan fingerprint density at radius 2 is 1.94 bits per heavy atom. The molecule has 0 fully saturated rings. The number of hydrogen-bond donors (Lipinski definition) is 1. The summed E-state index contributed by atoms with van der Waals surface area (Å²) in [6.07, 6.45) is 0.128. The van der Waals surface area contributed by atoms with Crippen molar-refractivity contribution in [3.63, 3.8) is 0 Å². The predicted octanol–water partition coefficient (Wildman–Crippen LogP) is 2.32. The van der Waals surface area contributed by atoms with E-state index in [1.54, 1.807) is 26.0 Å². The van der Waals surface area contributed by atoms with E-state index >= 15 is 0 Å². The summed E-state index contributed by atoms with van der Waals surface area (Å²) in [6, 6.07) is 9.04. The number of nitrogens with one attached hydrogen (secondary N) is 1. The van der Waals surface area contributed by atoms with E-state index in [-0.39, 0.29) is 18.9 Å². The number of para-hydroxylation sites is 1. The van der Waals surface area contributed by atoms with E-state index in [0.717, 1.165) is 0 Å². The van der Waals surface area contributed by atoms with Crippen LogP contribution in [-0.2, 0) is 4.79 Å². The largest absolute Gasteiger partial charge is 0.326 e. The molecular formula is C12H16N2O3. The van der Waals surface area contributed by atoms with Crippen LogP contribution in [0.1, 0.15) is 20.3 Å². The highest BCUT2D eigenvalue weighted by Gasteiger charge is 2.27. The number of amides is 1. The molecule has 0 unspecified atom stereocenters. The maximum absolute atomic E-state index is 11.7. The first kappa shape index (κ1) is 13.2. The minimum atomic E-state index is -0.637. The molecule has 5 nitrogen and oxygen atoms in total. The molecule has 0 saturated carbocycles. The Labute approximate surface area is 100.0 Å². The zero-order chi connectivity index (χ0) is 12.9. The SMILES string of the molecule is CC(C)(CC(=O)Nc1ccccc1)C[N+](=O)[O-]. The van der Waals surface area contributed by atoms with Gasteiger partial charge in [0.25, 0.3) is 0 Å². The molecule has 1 rings (SSSR count). The molecule has 0 heterocycles. The number of rotatable bonds is 5. The average molecular weight is 236 g/mol. The summed E-state index contributed by atoms with van der Waals surface area (Å²) in [5.74, 6) is -0.206. The highest BCUT2D eigenvalue weighted by atomic mass is 16.6. The van der Waals surface area contributed by atoms with Gasteiger partial charge < -0.3 is 5.32 Å². The maximum atomic E-state index is 11.7. The fourth-order valence-corrected chi connectivity index (χ4v) is 1.57. The smallest absolute Gasteiger partial charge is 0.225 e.